The minimum atomic E-state index is -4.25. The maximum absolute atomic E-state index is 10.6. The fourth-order valence-corrected chi connectivity index (χ4v) is 2.06. The third kappa shape index (κ3) is 11.7. The minimum absolute atomic E-state index is 0. The van der Waals surface area contributed by atoms with Gasteiger partial charge in [0.25, 0.3) is 0 Å². The SMILES string of the molecule is CCCCCCCC(O)CC(C)S(=O)(=O)[O-].[Na+]. The molecule has 0 bridgehead atoms. The van der Waals surface area contributed by atoms with Crippen LogP contribution in [0.5, 0.6) is 0 Å². The maximum atomic E-state index is 10.6. The Morgan fingerprint density at radius 3 is 2.18 bits per heavy atom. The third-order valence-electron chi connectivity index (χ3n) is 2.74. The van der Waals surface area contributed by atoms with E-state index in [4.69, 9.17) is 0 Å². The Labute approximate surface area is 127 Å². The second-order valence-electron chi connectivity index (χ2n) is 4.40. The zero-order valence-corrected chi connectivity index (χ0v) is 14.0. The molecule has 0 amide bonds. The van der Waals surface area contributed by atoms with Gasteiger partial charge in [-0.05, 0) is 19.8 Å². The predicted octanol–water partition coefficient (Wildman–Crippen LogP) is -0.964. The van der Waals surface area contributed by atoms with Gasteiger partial charge in [-0.3, -0.25) is 0 Å². The molecular formula is C11H23NaO4S. The van der Waals surface area contributed by atoms with Gasteiger partial charge in [-0.1, -0.05) is 39.0 Å². The zero-order valence-electron chi connectivity index (χ0n) is 11.2. The van der Waals surface area contributed by atoms with Crippen LogP contribution in [0.3, 0.4) is 0 Å². The van der Waals surface area contributed by atoms with Gasteiger partial charge in [0, 0.05) is 5.25 Å². The molecule has 0 aliphatic heterocycles. The van der Waals surface area contributed by atoms with E-state index in [0.717, 1.165) is 19.3 Å². The van der Waals surface area contributed by atoms with Gasteiger partial charge in [-0.25, -0.2) is 8.42 Å². The summed E-state index contributed by atoms with van der Waals surface area (Å²) < 4.78 is 31.8. The van der Waals surface area contributed by atoms with Crippen LogP contribution in [-0.4, -0.2) is 29.4 Å². The molecule has 6 heteroatoms. The predicted molar refractivity (Wildman–Crippen MR) is 63.2 cm³/mol. The second kappa shape index (κ2) is 10.8. The molecule has 0 aromatic heterocycles. The summed E-state index contributed by atoms with van der Waals surface area (Å²) >= 11 is 0. The van der Waals surface area contributed by atoms with E-state index < -0.39 is 21.5 Å². The number of hydrogen-bond donors (Lipinski definition) is 1. The molecule has 98 valence electrons. The molecule has 0 heterocycles. The van der Waals surface area contributed by atoms with Gasteiger partial charge in [0.05, 0.1) is 16.2 Å². The molecule has 0 spiro atoms. The number of aliphatic hydroxyl groups is 1. The van der Waals surface area contributed by atoms with Crippen molar-refractivity contribution >= 4 is 10.1 Å². The first-order chi connectivity index (χ1) is 7.38. The smallest absolute Gasteiger partial charge is 0.748 e. The molecule has 0 aromatic carbocycles. The van der Waals surface area contributed by atoms with Crippen molar-refractivity contribution in [2.45, 2.75) is 70.1 Å². The van der Waals surface area contributed by atoms with Crippen molar-refractivity contribution in [3.8, 4) is 0 Å². The Hall–Kier alpha value is 0.870. The molecule has 0 saturated heterocycles. The topological polar surface area (TPSA) is 77.4 Å². The average molecular weight is 274 g/mol. The zero-order chi connectivity index (χ0) is 12.6. The molecular weight excluding hydrogens is 251 g/mol. The molecule has 2 unspecified atom stereocenters. The van der Waals surface area contributed by atoms with Gasteiger partial charge in [0.15, 0.2) is 0 Å². The Morgan fingerprint density at radius 2 is 1.71 bits per heavy atom. The fourth-order valence-electron chi connectivity index (χ4n) is 1.60. The summed E-state index contributed by atoms with van der Waals surface area (Å²) in [4.78, 5) is 0. The van der Waals surface area contributed by atoms with Crippen molar-refractivity contribution in [1.29, 1.82) is 0 Å². The Morgan fingerprint density at radius 1 is 1.18 bits per heavy atom. The van der Waals surface area contributed by atoms with Crippen LogP contribution in [0.25, 0.3) is 0 Å². The van der Waals surface area contributed by atoms with E-state index >= 15 is 0 Å². The van der Waals surface area contributed by atoms with Crippen LogP contribution in [0.15, 0.2) is 0 Å². The normalized spacial score (nSPS) is 15.1. The number of unbranched alkanes of at least 4 members (excludes halogenated alkanes) is 4. The summed E-state index contributed by atoms with van der Waals surface area (Å²) in [5.74, 6) is 0. The largest absolute Gasteiger partial charge is 1.00 e. The van der Waals surface area contributed by atoms with E-state index in [1.165, 1.54) is 19.8 Å². The summed E-state index contributed by atoms with van der Waals surface area (Å²) in [5, 5.41) is 8.55. The summed E-state index contributed by atoms with van der Waals surface area (Å²) in [6.45, 7) is 3.48. The number of aliphatic hydroxyl groups excluding tert-OH is 1. The summed E-state index contributed by atoms with van der Waals surface area (Å²) in [7, 11) is -4.25. The van der Waals surface area contributed by atoms with Crippen molar-refractivity contribution in [2.24, 2.45) is 0 Å². The van der Waals surface area contributed by atoms with Crippen LogP contribution >= 0.6 is 0 Å². The summed E-state index contributed by atoms with van der Waals surface area (Å²) in [6.07, 6.45) is 5.45. The molecule has 0 radical (unpaired) electrons. The van der Waals surface area contributed by atoms with Crippen LogP contribution in [0.2, 0.25) is 0 Å². The van der Waals surface area contributed by atoms with Crippen molar-refractivity contribution in [1.82, 2.24) is 0 Å². The molecule has 0 fully saturated rings. The number of rotatable bonds is 9. The maximum Gasteiger partial charge on any atom is 1.00 e. The van der Waals surface area contributed by atoms with Gasteiger partial charge in [-0.2, -0.15) is 0 Å². The quantitative estimate of drug-likeness (QED) is 0.333. The van der Waals surface area contributed by atoms with Crippen LogP contribution in [0.4, 0.5) is 0 Å². The second-order valence-corrected chi connectivity index (χ2v) is 6.19. The van der Waals surface area contributed by atoms with E-state index in [2.05, 4.69) is 6.92 Å². The molecule has 17 heavy (non-hydrogen) atoms. The molecule has 0 aliphatic rings. The summed E-state index contributed by atoms with van der Waals surface area (Å²) in [6, 6.07) is 0. The Balaban J connectivity index is 0. The summed E-state index contributed by atoms with van der Waals surface area (Å²) in [5.41, 5.74) is 0. The van der Waals surface area contributed by atoms with Crippen LogP contribution < -0.4 is 29.6 Å². The molecule has 0 rings (SSSR count). The van der Waals surface area contributed by atoms with Gasteiger partial charge in [0.2, 0.25) is 0 Å². The van der Waals surface area contributed by atoms with Crippen molar-refractivity contribution in [2.75, 3.05) is 0 Å². The molecule has 2 atom stereocenters. The van der Waals surface area contributed by atoms with Gasteiger partial charge in [-0.15, -0.1) is 0 Å². The molecule has 0 aromatic rings. The van der Waals surface area contributed by atoms with E-state index in [1.807, 2.05) is 0 Å². The number of hydrogen-bond acceptors (Lipinski definition) is 4. The van der Waals surface area contributed by atoms with Gasteiger partial charge in [0.1, 0.15) is 0 Å². The fraction of sp³-hybridized carbons (Fsp3) is 1.00. The van der Waals surface area contributed by atoms with Crippen molar-refractivity contribution in [3.05, 3.63) is 0 Å². The molecule has 0 aliphatic carbocycles. The minimum Gasteiger partial charge on any atom is -0.748 e. The van der Waals surface area contributed by atoms with Crippen LogP contribution in [-0.2, 0) is 10.1 Å². The first kappa shape index (κ1) is 20.2. The Bertz CT molecular complexity index is 267. The standard InChI is InChI=1S/C11H24O4S.Na/c1-3-4-5-6-7-8-11(12)9-10(2)16(13,14)15;/h10-12H,3-9H2,1-2H3,(H,13,14,15);/q;+1/p-1. The van der Waals surface area contributed by atoms with E-state index in [1.54, 1.807) is 0 Å². The van der Waals surface area contributed by atoms with E-state index in [9.17, 15) is 18.1 Å². The van der Waals surface area contributed by atoms with E-state index in [-0.39, 0.29) is 36.0 Å². The van der Waals surface area contributed by atoms with Crippen LogP contribution in [0.1, 0.15) is 58.8 Å². The monoisotopic (exact) mass is 274 g/mol. The van der Waals surface area contributed by atoms with Gasteiger partial charge >= 0.3 is 29.6 Å². The van der Waals surface area contributed by atoms with Gasteiger partial charge < -0.3 is 9.66 Å². The van der Waals surface area contributed by atoms with Crippen LogP contribution in [0, 0.1) is 0 Å². The average Bonchev–Trinajstić information content (AvgIpc) is 2.16. The van der Waals surface area contributed by atoms with Crippen molar-refractivity contribution < 1.29 is 47.6 Å². The first-order valence-corrected chi connectivity index (χ1v) is 7.47. The Kier molecular flexibility index (Phi) is 12.8. The van der Waals surface area contributed by atoms with E-state index in [0.29, 0.717) is 6.42 Å². The molecule has 4 nitrogen and oxygen atoms in total. The third-order valence-corrected chi connectivity index (χ3v) is 3.92. The molecule has 0 saturated carbocycles. The van der Waals surface area contributed by atoms with Crippen molar-refractivity contribution in [3.63, 3.8) is 0 Å². The first-order valence-electron chi connectivity index (χ1n) is 6.00. The molecule has 1 N–H and O–H groups in total.